The third-order valence-electron chi connectivity index (χ3n) is 3.55. The Labute approximate surface area is 103 Å². The number of hydrogen-bond acceptors (Lipinski definition) is 4. The van der Waals surface area contributed by atoms with Gasteiger partial charge in [-0.15, -0.1) is 0 Å². The maximum Gasteiger partial charge on any atom is 0.455 e. The fraction of sp³-hybridized carbons (Fsp3) is 0.818. The van der Waals surface area contributed by atoms with Crippen molar-refractivity contribution in [1.29, 1.82) is 0 Å². The predicted octanol–water partition coefficient (Wildman–Crippen LogP) is 2.55. The molecule has 1 aliphatic carbocycles. The minimum Gasteiger partial charge on any atom is -0.339 e. The Morgan fingerprint density at radius 1 is 1.28 bits per heavy atom. The average Bonchev–Trinajstić information content (AvgIpc) is 2.78. The largest absolute Gasteiger partial charge is 0.455 e. The SMILES string of the molecule is CNC1(Cc2nc(C(F)(F)F)no2)CCCCC1. The summed E-state index contributed by atoms with van der Waals surface area (Å²) in [5.41, 5.74) is -0.201. The van der Waals surface area contributed by atoms with Crippen molar-refractivity contribution in [2.45, 2.75) is 50.2 Å². The van der Waals surface area contributed by atoms with E-state index >= 15 is 0 Å². The van der Waals surface area contributed by atoms with Gasteiger partial charge in [0.2, 0.25) is 5.89 Å². The van der Waals surface area contributed by atoms with Gasteiger partial charge in [-0.2, -0.15) is 18.2 Å². The third-order valence-corrected chi connectivity index (χ3v) is 3.55. The molecule has 1 aliphatic rings. The third kappa shape index (κ3) is 2.82. The lowest BCUT2D eigenvalue weighted by Gasteiger charge is -2.36. The first-order valence-corrected chi connectivity index (χ1v) is 6.04. The average molecular weight is 263 g/mol. The van der Waals surface area contributed by atoms with Crippen LogP contribution in [0, 0.1) is 0 Å². The minimum absolute atomic E-state index is 0.0542. The van der Waals surface area contributed by atoms with Crippen molar-refractivity contribution >= 4 is 0 Å². The highest BCUT2D eigenvalue weighted by Gasteiger charge is 2.39. The van der Waals surface area contributed by atoms with E-state index in [-0.39, 0.29) is 11.4 Å². The second kappa shape index (κ2) is 4.87. The molecule has 2 rings (SSSR count). The monoisotopic (exact) mass is 263 g/mol. The Morgan fingerprint density at radius 3 is 2.44 bits per heavy atom. The summed E-state index contributed by atoms with van der Waals surface area (Å²) < 4.78 is 41.8. The molecule has 1 aromatic rings. The molecule has 0 bridgehead atoms. The molecule has 1 aromatic heterocycles. The lowest BCUT2D eigenvalue weighted by Crippen LogP contribution is -2.46. The van der Waals surface area contributed by atoms with Gasteiger partial charge >= 0.3 is 6.18 Å². The number of rotatable bonds is 3. The number of aromatic nitrogens is 2. The molecule has 1 fully saturated rings. The van der Waals surface area contributed by atoms with E-state index in [0.717, 1.165) is 25.7 Å². The standard InChI is InChI=1S/C11H16F3N3O/c1-15-10(5-3-2-4-6-10)7-8-16-9(17-18-8)11(12,13)14/h15H,2-7H2,1H3. The number of likely N-dealkylation sites (N-methyl/N-ethyl adjacent to an activating group) is 1. The van der Waals surface area contributed by atoms with E-state index in [4.69, 9.17) is 4.52 Å². The zero-order valence-electron chi connectivity index (χ0n) is 10.2. The fourth-order valence-corrected chi connectivity index (χ4v) is 2.48. The van der Waals surface area contributed by atoms with Crippen LogP contribution in [0.5, 0.6) is 0 Å². The summed E-state index contributed by atoms with van der Waals surface area (Å²) in [6, 6.07) is 0. The van der Waals surface area contributed by atoms with E-state index in [1.54, 1.807) is 0 Å². The van der Waals surface area contributed by atoms with E-state index in [9.17, 15) is 13.2 Å². The second-order valence-corrected chi connectivity index (χ2v) is 4.78. The van der Waals surface area contributed by atoms with E-state index in [1.807, 2.05) is 7.05 Å². The van der Waals surface area contributed by atoms with Crippen molar-refractivity contribution in [2.75, 3.05) is 7.05 Å². The van der Waals surface area contributed by atoms with E-state index in [2.05, 4.69) is 15.5 Å². The van der Waals surface area contributed by atoms with Crippen LogP contribution < -0.4 is 5.32 Å². The van der Waals surface area contributed by atoms with Crippen LogP contribution in [0.1, 0.15) is 43.8 Å². The van der Waals surface area contributed by atoms with Crippen molar-refractivity contribution in [1.82, 2.24) is 15.5 Å². The molecular weight excluding hydrogens is 247 g/mol. The van der Waals surface area contributed by atoms with Gasteiger partial charge in [-0.1, -0.05) is 24.4 Å². The van der Waals surface area contributed by atoms with Crippen molar-refractivity contribution in [2.24, 2.45) is 0 Å². The number of nitrogens with one attached hydrogen (secondary N) is 1. The highest BCUT2D eigenvalue weighted by Crippen LogP contribution is 2.32. The Bertz CT molecular complexity index is 396. The van der Waals surface area contributed by atoms with E-state index in [0.29, 0.717) is 6.42 Å². The molecule has 18 heavy (non-hydrogen) atoms. The van der Waals surface area contributed by atoms with Gasteiger partial charge in [0.05, 0.1) is 0 Å². The number of hydrogen-bond donors (Lipinski definition) is 1. The molecule has 0 amide bonds. The molecule has 0 saturated heterocycles. The molecule has 0 atom stereocenters. The topological polar surface area (TPSA) is 51.0 Å². The molecule has 0 aromatic carbocycles. The molecule has 1 saturated carbocycles. The summed E-state index contributed by atoms with van der Waals surface area (Å²) in [6.07, 6.45) is 0.970. The van der Waals surface area contributed by atoms with E-state index < -0.39 is 12.0 Å². The van der Waals surface area contributed by atoms with Crippen LogP contribution in [0.4, 0.5) is 13.2 Å². The van der Waals surface area contributed by atoms with Crippen molar-refractivity contribution < 1.29 is 17.7 Å². The van der Waals surface area contributed by atoms with Gasteiger partial charge in [-0.25, -0.2) is 0 Å². The van der Waals surface area contributed by atoms with Gasteiger partial charge in [0.15, 0.2) is 0 Å². The first-order valence-electron chi connectivity index (χ1n) is 6.04. The molecule has 1 heterocycles. The van der Waals surface area contributed by atoms with Gasteiger partial charge in [0.1, 0.15) is 0 Å². The number of nitrogens with zero attached hydrogens (tertiary/aromatic N) is 2. The molecule has 1 N–H and O–H groups in total. The Morgan fingerprint density at radius 2 is 1.94 bits per heavy atom. The van der Waals surface area contributed by atoms with Crippen LogP contribution in [-0.4, -0.2) is 22.7 Å². The Balaban J connectivity index is 2.10. The van der Waals surface area contributed by atoms with Crippen LogP contribution in [0.15, 0.2) is 4.52 Å². The summed E-state index contributed by atoms with van der Waals surface area (Å²) >= 11 is 0. The quantitative estimate of drug-likeness (QED) is 0.910. The zero-order valence-corrected chi connectivity index (χ0v) is 10.2. The van der Waals surface area contributed by atoms with Crippen LogP contribution >= 0.6 is 0 Å². The maximum atomic E-state index is 12.4. The Kier molecular flexibility index (Phi) is 3.61. The summed E-state index contributed by atoms with van der Waals surface area (Å²) in [5, 5.41) is 6.18. The van der Waals surface area contributed by atoms with Crippen LogP contribution in [0.25, 0.3) is 0 Å². The highest BCUT2D eigenvalue weighted by molar-refractivity contribution is 5.00. The summed E-state index contributed by atoms with van der Waals surface area (Å²) in [5.74, 6) is -1.14. The van der Waals surface area contributed by atoms with Crippen LogP contribution in [-0.2, 0) is 12.6 Å². The Hall–Kier alpha value is -1.11. The predicted molar refractivity (Wildman–Crippen MR) is 57.9 cm³/mol. The first kappa shape index (κ1) is 13.3. The lowest BCUT2D eigenvalue weighted by atomic mass is 9.79. The van der Waals surface area contributed by atoms with E-state index in [1.165, 1.54) is 6.42 Å². The normalized spacial score (nSPS) is 20.0. The molecule has 7 heteroatoms. The van der Waals surface area contributed by atoms with Gasteiger partial charge in [0.25, 0.3) is 5.82 Å². The smallest absolute Gasteiger partial charge is 0.339 e. The summed E-state index contributed by atoms with van der Waals surface area (Å²) in [7, 11) is 1.83. The van der Waals surface area contributed by atoms with Gasteiger partial charge in [0, 0.05) is 12.0 Å². The molecule has 0 spiro atoms. The minimum atomic E-state index is -4.54. The molecule has 102 valence electrons. The number of alkyl halides is 3. The first-order chi connectivity index (χ1) is 8.45. The van der Waals surface area contributed by atoms with Crippen molar-refractivity contribution in [3.63, 3.8) is 0 Å². The highest BCUT2D eigenvalue weighted by atomic mass is 19.4. The van der Waals surface area contributed by atoms with Crippen LogP contribution in [0.3, 0.4) is 0 Å². The molecule has 4 nitrogen and oxygen atoms in total. The lowest BCUT2D eigenvalue weighted by molar-refractivity contribution is -0.146. The van der Waals surface area contributed by atoms with Crippen LogP contribution in [0.2, 0.25) is 0 Å². The fourth-order valence-electron chi connectivity index (χ4n) is 2.48. The van der Waals surface area contributed by atoms with Crippen molar-refractivity contribution in [3.8, 4) is 0 Å². The number of halogens is 3. The molecule has 0 radical (unpaired) electrons. The second-order valence-electron chi connectivity index (χ2n) is 4.78. The molecular formula is C11H16F3N3O. The molecule has 0 unspecified atom stereocenters. The summed E-state index contributed by atoms with van der Waals surface area (Å²) in [6.45, 7) is 0. The van der Waals surface area contributed by atoms with Crippen molar-refractivity contribution in [3.05, 3.63) is 11.7 Å². The van der Waals surface area contributed by atoms with Gasteiger partial charge in [-0.3, -0.25) is 0 Å². The van der Waals surface area contributed by atoms with Gasteiger partial charge in [-0.05, 0) is 19.9 Å². The summed E-state index contributed by atoms with van der Waals surface area (Å²) in [4.78, 5) is 3.43. The van der Waals surface area contributed by atoms with Gasteiger partial charge < -0.3 is 9.84 Å². The zero-order chi connectivity index (χ0) is 13.2. The maximum absolute atomic E-state index is 12.4. The molecule has 0 aliphatic heterocycles.